The second-order valence-corrected chi connectivity index (χ2v) is 8.63. The molecule has 6 nitrogen and oxygen atoms in total. The lowest BCUT2D eigenvalue weighted by Gasteiger charge is -2.30. The molecule has 2 atom stereocenters. The van der Waals surface area contributed by atoms with Crippen LogP contribution in [0.2, 0.25) is 5.02 Å². The van der Waals surface area contributed by atoms with Gasteiger partial charge in [0.1, 0.15) is 4.90 Å². The van der Waals surface area contributed by atoms with Gasteiger partial charge in [0, 0.05) is 24.7 Å². The second kappa shape index (κ2) is 7.82. The Morgan fingerprint density at radius 3 is 2.83 bits per heavy atom. The number of hydrogen-bond acceptors (Lipinski definition) is 4. The zero-order valence-electron chi connectivity index (χ0n) is 13.8. The number of carbonyl (C=O) groups is 1. The second-order valence-electron chi connectivity index (χ2n) is 6.31. The summed E-state index contributed by atoms with van der Waals surface area (Å²) in [5.74, 6) is -0.152. The van der Waals surface area contributed by atoms with E-state index in [1.54, 1.807) is 6.92 Å². The number of aliphatic hydroxyl groups excluding tert-OH is 1. The Balaban J connectivity index is 2.32. The molecule has 1 amide bonds. The molecule has 1 aliphatic rings. The highest BCUT2D eigenvalue weighted by Gasteiger charge is 2.31. The fourth-order valence-corrected chi connectivity index (χ4v) is 4.80. The number of halogens is 1. The summed E-state index contributed by atoms with van der Waals surface area (Å²) in [6, 6.07) is 3.77. The van der Waals surface area contributed by atoms with Gasteiger partial charge in [-0.2, -0.15) is 4.31 Å². The summed E-state index contributed by atoms with van der Waals surface area (Å²) in [4.78, 5) is 12.1. The summed E-state index contributed by atoms with van der Waals surface area (Å²) in [5.41, 5.74) is 0.198. The maximum atomic E-state index is 12.9. The van der Waals surface area contributed by atoms with Gasteiger partial charge in [-0.15, -0.1) is 0 Å². The standard InChI is InChI=1S/C16H23ClN2O4S/c1-11-4-3-7-19(9-11)24(22,23)15-8-13(5-6-14(15)17)16(21)18-12(2)10-20/h5-6,8,11-12,20H,3-4,7,9-10H2,1-2H3,(H,18,21). The van der Waals surface area contributed by atoms with Crippen LogP contribution in [0.25, 0.3) is 0 Å². The first-order chi connectivity index (χ1) is 11.3. The monoisotopic (exact) mass is 374 g/mol. The van der Waals surface area contributed by atoms with Gasteiger partial charge in [0.2, 0.25) is 10.0 Å². The third-order valence-electron chi connectivity index (χ3n) is 4.08. The first-order valence-corrected chi connectivity index (χ1v) is 9.79. The Bertz CT molecular complexity index is 708. The van der Waals surface area contributed by atoms with Gasteiger partial charge in [-0.3, -0.25) is 4.79 Å². The molecule has 0 spiro atoms. The third kappa shape index (κ3) is 4.27. The molecule has 1 heterocycles. The maximum Gasteiger partial charge on any atom is 0.251 e. The number of benzene rings is 1. The van der Waals surface area contributed by atoms with E-state index in [1.807, 2.05) is 6.92 Å². The van der Waals surface area contributed by atoms with Gasteiger partial charge >= 0.3 is 0 Å². The predicted octanol–water partition coefficient (Wildman–Crippen LogP) is 1.87. The van der Waals surface area contributed by atoms with Crippen molar-refractivity contribution in [3.05, 3.63) is 28.8 Å². The summed E-state index contributed by atoms with van der Waals surface area (Å²) in [6.45, 7) is 4.39. The molecule has 0 saturated carbocycles. The van der Waals surface area contributed by atoms with E-state index >= 15 is 0 Å². The summed E-state index contributed by atoms with van der Waals surface area (Å²) in [6.07, 6.45) is 1.81. The van der Waals surface area contributed by atoms with Gasteiger partial charge < -0.3 is 10.4 Å². The molecule has 1 aromatic rings. The minimum atomic E-state index is -3.74. The quantitative estimate of drug-likeness (QED) is 0.823. The molecular weight excluding hydrogens is 352 g/mol. The fraction of sp³-hybridized carbons (Fsp3) is 0.562. The molecule has 2 N–H and O–H groups in total. The minimum absolute atomic E-state index is 0.0532. The Labute approximate surface area is 147 Å². The van der Waals surface area contributed by atoms with Crippen molar-refractivity contribution < 1.29 is 18.3 Å². The van der Waals surface area contributed by atoms with Gasteiger partial charge in [-0.1, -0.05) is 18.5 Å². The van der Waals surface area contributed by atoms with Crippen LogP contribution < -0.4 is 5.32 Å². The van der Waals surface area contributed by atoms with Gasteiger partial charge in [0.05, 0.1) is 11.6 Å². The van der Waals surface area contributed by atoms with Crippen molar-refractivity contribution in [2.45, 2.75) is 37.6 Å². The smallest absolute Gasteiger partial charge is 0.251 e. The van der Waals surface area contributed by atoms with Crippen LogP contribution in [0.3, 0.4) is 0 Å². The molecule has 1 fully saturated rings. The van der Waals surface area contributed by atoms with Crippen LogP contribution in [-0.2, 0) is 10.0 Å². The van der Waals surface area contributed by atoms with Crippen molar-refractivity contribution in [1.29, 1.82) is 0 Å². The van der Waals surface area contributed by atoms with Gasteiger partial charge in [0.25, 0.3) is 5.91 Å². The SMILES string of the molecule is CC1CCCN(S(=O)(=O)c2cc(C(=O)NC(C)CO)ccc2Cl)C1. The number of amides is 1. The van der Waals surface area contributed by atoms with E-state index in [-0.39, 0.29) is 22.1 Å². The fourth-order valence-electron chi connectivity index (χ4n) is 2.70. The first-order valence-electron chi connectivity index (χ1n) is 7.97. The molecule has 0 bridgehead atoms. The molecule has 24 heavy (non-hydrogen) atoms. The number of nitrogens with zero attached hydrogens (tertiary/aromatic N) is 1. The van der Waals surface area contributed by atoms with E-state index in [2.05, 4.69) is 5.32 Å². The highest BCUT2D eigenvalue weighted by atomic mass is 35.5. The van der Waals surface area contributed by atoms with Crippen molar-refractivity contribution in [2.24, 2.45) is 5.92 Å². The first kappa shape index (κ1) is 19.2. The number of nitrogens with one attached hydrogen (secondary N) is 1. The van der Waals surface area contributed by atoms with E-state index < -0.39 is 22.0 Å². The minimum Gasteiger partial charge on any atom is -0.394 e. The lowest BCUT2D eigenvalue weighted by molar-refractivity contribution is 0.0922. The van der Waals surface area contributed by atoms with E-state index in [0.717, 1.165) is 12.8 Å². The number of aliphatic hydroxyl groups is 1. The lowest BCUT2D eigenvalue weighted by atomic mass is 10.0. The van der Waals surface area contributed by atoms with Crippen LogP contribution in [0.15, 0.2) is 23.1 Å². The molecule has 134 valence electrons. The largest absolute Gasteiger partial charge is 0.394 e. The van der Waals surface area contributed by atoms with Crippen LogP contribution >= 0.6 is 11.6 Å². The molecule has 0 aromatic heterocycles. The zero-order chi connectivity index (χ0) is 17.9. The average Bonchev–Trinajstić information content (AvgIpc) is 2.54. The summed E-state index contributed by atoms with van der Waals surface area (Å²) in [5, 5.41) is 11.7. The van der Waals surface area contributed by atoms with Crippen molar-refractivity contribution in [1.82, 2.24) is 9.62 Å². The van der Waals surface area contributed by atoms with Crippen molar-refractivity contribution in [2.75, 3.05) is 19.7 Å². The number of sulfonamides is 1. The zero-order valence-corrected chi connectivity index (χ0v) is 15.4. The molecular formula is C16H23ClN2O4S. The summed E-state index contributed by atoms with van der Waals surface area (Å²) < 4.78 is 27.2. The Hall–Kier alpha value is -1.15. The maximum absolute atomic E-state index is 12.9. The van der Waals surface area contributed by atoms with Crippen LogP contribution in [0.1, 0.15) is 37.0 Å². The highest BCUT2D eigenvalue weighted by Crippen LogP contribution is 2.29. The van der Waals surface area contributed by atoms with Crippen LogP contribution in [-0.4, -0.2) is 49.5 Å². The number of hydrogen-bond donors (Lipinski definition) is 2. The molecule has 0 aliphatic carbocycles. The average molecular weight is 375 g/mol. The Kier molecular flexibility index (Phi) is 6.25. The highest BCUT2D eigenvalue weighted by molar-refractivity contribution is 7.89. The summed E-state index contributed by atoms with van der Waals surface area (Å²) in [7, 11) is -3.74. The van der Waals surface area contributed by atoms with E-state index in [9.17, 15) is 13.2 Å². The lowest BCUT2D eigenvalue weighted by Crippen LogP contribution is -2.39. The number of carbonyl (C=O) groups excluding carboxylic acids is 1. The molecule has 1 saturated heterocycles. The van der Waals surface area contributed by atoms with Crippen LogP contribution in [0, 0.1) is 5.92 Å². The Morgan fingerprint density at radius 1 is 1.50 bits per heavy atom. The molecule has 1 aromatic carbocycles. The van der Waals surface area contributed by atoms with E-state index in [0.29, 0.717) is 19.0 Å². The topological polar surface area (TPSA) is 86.7 Å². The van der Waals surface area contributed by atoms with E-state index in [4.69, 9.17) is 16.7 Å². The van der Waals surface area contributed by atoms with Gasteiger partial charge in [0.15, 0.2) is 0 Å². The molecule has 1 aliphatic heterocycles. The Morgan fingerprint density at radius 2 is 2.21 bits per heavy atom. The van der Waals surface area contributed by atoms with Crippen molar-refractivity contribution in [3.8, 4) is 0 Å². The molecule has 2 rings (SSSR count). The van der Waals surface area contributed by atoms with Crippen LogP contribution in [0.4, 0.5) is 0 Å². The van der Waals surface area contributed by atoms with Crippen molar-refractivity contribution in [3.63, 3.8) is 0 Å². The van der Waals surface area contributed by atoms with Crippen molar-refractivity contribution >= 4 is 27.5 Å². The predicted molar refractivity (Wildman–Crippen MR) is 92.6 cm³/mol. The molecule has 8 heteroatoms. The van der Waals surface area contributed by atoms with Crippen LogP contribution in [0.5, 0.6) is 0 Å². The van der Waals surface area contributed by atoms with Gasteiger partial charge in [-0.25, -0.2) is 8.42 Å². The normalized spacial score (nSPS) is 20.6. The molecule has 0 radical (unpaired) electrons. The third-order valence-corrected chi connectivity index (χ3v) is 6.43. The summed E-state index contributed by atoms with van der Waals surface area (Å²) >= 11 is 6.10. The number of piperidine rings is 1. The number of rotatable bonds is 5. The molecule has 2 unspecified atom stereocenters. The van der Waals surface area contributed by atoms with Gasteiger partial charge in [-0.05, 0) is 43.9 Å². The van der Waals surface area contributed by atoms with E-state index in [1.165, 1.54) is 22.5 Å².